The van der Waals surface area contributed by atoms with Gasteiger partial charge in [0.05, 0.1) is 0 Å². The predicted molar refractivity (Wildman–Crippen MR) is 110 cm³/mol. The van der Waals surface area contributed by atoms with Crippen LogP contribution in [-0.4, -0.2) is 22.5 Å². The number of nitrogens with zero attached hydrogens (tertiary/aromatic N) is 1. The Balaban J connectivity index is 1.88. The highest BCUT2D eigenvalue weighted by molar-refractivity contribution is 6.30. The average molecular weight is 384 g/mol. The normalized spacial score (nSPS) is 11.0. The molecule has 0 atom stereocenters. The summed E-state index contributed by atoms with van der Waals surface area (Å²) in [7, 11) is 0. The Kier molecular flexibility index (Phi) is 5.81. The number of urea groups is 1. The fourth-order valence-electron chi connectivity index (χ4n) is 3.01. The van der Waals surface area contributed by atoms with Gasteiger partial charge in [-0.1, -0.05) is 43.6 Å². The summed E-state index contributed by atoms with van der Waals surface area (Å²) in [4.78, 5) is 29.4. The molecule has 0 aliphatic heterocycles. The Morgan fingerprint density at radius 3 is 2.56 bits per heavy atom. The fourth-order valence-corrected chi connectivity index (χ4v) is 3.14. The number of carbonyl (C=O) groups excluding carboxylic acids is 1. The molecular formula is C21H22ClN3O2. The van der Waals surface area contributed by atoms with Crippen LogP contribution in [0, 0.1) is 5.92 Å². The molecule has 0 aliphatic carbocycles. The van der Waals surface area contributed by atoms with Gasteiger partial charge in [0.15, 0.2) is 0 Å². The molecule has 2 amide bonds. The van der Waals surface area contributed by atoms with Crippen molar-refractivity contribution in [3.05, 3.63) is 75.5 Å². The van der Waals surface area contributed by atoms with Crippen LogP contribution in [0.15, 0.2) is 59.4 Å². The summed E-state index contributed by atoms with van der Waals surface area (Å²) in [6, 6.07) is 15.9. The van der Waals surface area contributed by atoms with Crippen molar-refractivity contribution in [2.24, 2.45) is 5.92 Å². The van der Waals surface area contributed by atoms with Crippen LogP contribution in [-0.2, 0) is 6.54 Å². The minimum atomic E-state index is -0.213. The number of amides is 2. The van der Waals surface area contributed by atoms with E-state index in [-0.39, 0.29) is 17.5 Å². The lowest BCUT2D eigenvalue weighted by atomic mass is 10.1. The van der Waals surface area contributed by atoms with Crippen molar-refractivity contribution in [2.45, 2.75) is 20.4 Å². The fraction of sp³-hybridized carbons (Fsp3) is 0.238. The Labute approximate surface area is 163 Å². The van der Waals surface area contributed by atoms with E-state index in [9.17, 15) is 9.59 Å². The van der Waals surface area contributed by atoms with Crippen molar-refractivity contribution in [1.29, 1.82) is 0 Å². The highest BCUT2D eigenvalue weighted by Crippen LogP contribution is 2.19. The zero-order valence-electron chi connectivity index (χ0n) is 15.3. The Bertz CT molecular complexity index is 996. The molecule has 0 bridgehead atoms. The smallest absolute Gasteiger partial charge is 0.322 e. The van der Waals surface area contributed by atoms with E-state index in [1.54, 1.807) is 35.2 Å². The zero-order valence-corrected chi connectivity index (χ0v) is 16.1. The lowest BCUT2D eigenvalue weighted by Crippen LogP contribution is -2.37. The monoisotopic (exact) mass is 383 g/mol. The van der Waals surface area contributed by atoms with Gasteiger partial charge in [-0.15, -0.1) is 0 Å². The van der Waals surface area contributed by atoms with Crippen molar-refractivity contribution in [3.63, 3.8) is 0 Å². The zero-order chi connectivity index (χ0) is 19.4. The molecule has 2 N–H and O–H groups in total. The first-order valence-corrected chi connectivity index (χ1v) is 9.22. The van der Waals surface area contributed by atoms with Crippen LogP contribution >= 0.6 is 11.6 Å². The van der Waals surface area contributed by atoms with Gasteiger partial charge in [-0.05, 0) is 41.8 Å². The van der Waals surface area contributed by atoms with Gasteiger partial charge in [-0.25, -0.2) is 4.79 Å². The second-order valence-electron chi connectivity index (χ2n) is 6.92. The molecule has 0 aliphatic rings. The van der Waals surface area contributed by atoms with Crippen molar-refractivity contribution in [3.8, 4) is 0 Å². The van der Waals surface area contributed by atoms with Gasteiger partial charge >= 0.3 is 6.03 Å². The molecule has 1 heterocycles. The number of rotatable bonds is 5. The molecular weight excluding hydrogens is 362 g/mol. The van der Waals surface area contributed by atoms with E-state index < -0.39 is 0 Å². The number of benzene rings is 2. The SMILES string of the molecule is CC(C)CN(Cc1cc(=O)[nH]c2ccccc12)C(=O)Nc1ccc(Cl)cc1. The third-order valence-corrected chi connectivity index (χ3v) is 4.42. The van der Waals surface area contributed by atoms with E-state index in [1.165, 1.54) is 0 Å². The van der Waals surface area contributed by atoms with Gasteiger partial charge in [0.1, 0.15) is 0 Å². The molecule has 3 aromatic rings. The molecule has 5 nitrogen and oxygen atoms in total. The number of halogens is 1. The number of nitrogens with one attached hydrogen (secondary N) is 2. The Morgan fingerprint density at radius 1 is 1.15 bits per heavy atom. The minimum absolute atomic E-state index is 0.175. The molecule has 2 aromatic carbocycles. The summed E-state index contributed by atoms with van der Waals surface area (Å²) in [5, 5.41) is 4.45. The summed E-state index contributed by atoms with van der Waals surface area (Å²) in [5.41, 5.74) is 2.09. The van der Waals surface area contributed by atoms with Gasteiger partial charge in [0, 0.05) is 40.8 Å². The van der Waals surface area contributed by atoms with Crippen LogP contribution in [0.4, 0.5) is 10.5 Å². The number of aromatic amines is 1. The van der Waals surface area contributed by atoms with Crippen molar-refractivity contribution >= 4 is 34.2 Å². The second kappa shape index (κ2) is 8.27. The molecule has 27 heavy (non-hydrogen) atoms. The number of hydrogen-bond donors (Lipinski definition) is 2. The molecule has 0 saturated heterocycles. The van der Waals surface area contributed by atoms with Crippen molar-refractivity contribution in [1.82, 2.24) is 9.88 Å². The maximum atomic E-state index is 12.9. The minimum Gasteiger partial charge on any atom is -0.322 e. The maximum absolute atomic E-state index is 12.9. The van der Waals surface area contributed by atoms with Gasteiger partial charge in [-0.2, -0.15) is 0 Å². The van der Waals surface area contributed by atoms with E-state index >= 15 is 0 Å². The van der Waals surface area contributed by atoms with Gasteiger partial charge < -0.3 is 15.2 Å². The van der Waals surface area contributed by atoms with Crippen molar-refractivity contribution in [2.75, 3.05) is 11.9 Å². The van der Waals surface area contributed by atoms with Crippen LogP contribution in [0.3, 0.4) is 0 Å². The van der Waals surface area contributed by atoms with Gasteiger partial charge in [0.2, 0.25) is 5.56 Å². The average Bonchev–Trinajstić information content (AvgIpc) is 2.62. The number of carbonyl (C=O) groups is 1. The number of hydrogen-bond acceptors (Lipinski definition) is 2. The van der Waals surface area contributed by atoms with Crippen LogP contribution in [0.5, 0.6) is 0 Å². The number of para-hydroxylation sites is 1. The number of fused-ring (bicyclic) bond motifs is 1. The van der Waals surface area contributed by atoms with E-state index in [0.717, 1.165) is 16.5 Å². The first-order chi connectivity index (χ1) is 12.9. The van der Waals surface area contributed by atoms with E-state index in [1.807, 2.05) is 24.3 Å². The summed E-state index contributed by atoms with van der Waals surface area (Å²) >= 11 is 5.90. The molecule has 0 fully saturated rings. The molecule has 3 rings (SSSR count). The van der Waals surface area contributed by atoms with Gasteiger partial charge in [-0.3, -0.25) is 4.79 Å². The highest BCUT2D eigenvalue weighted by atomic mass is 35.5. The van der Waals surface area contributed by atoms with Gasteiger partial charge in [0.25, 0.3) is 0 Å². The van der Waals surface area contributed by atoms with Crippen LogP contribution < -0.4 is 10.9 Å². The third-order valence-electron chi connectivity index (χ3n) is 4.17. The maximum Gasteiger partial charge on any atom is 0.322 e. The number of anilines is 1. The predicted octanol–water partition coefficient (Wildman–Crippen LogP) is 4.87. The topological polar surface area (TPSA) is 65.2 Å². The standard InChI is InChI=1S/C21H22ClN3O2/c1-14(2)12-25(21(27)23-17-9-7-16(22)8-10-17)13-15-11-20(26)24-19-6-4-3-5-18(15)19/h3-11,14H,12-13H2,1-2H3,(H,23,27)(H,24,26). The molecule has 6 heteroatoms. The third kappa shape index (κ3) is 4.89. The van der Waals surface area contributed by atoms with Crippen molar-refractivity contribution < 1.29 is 4.79 Å². The molecule has 140 valence electrons. The van der Waals surface area contributed by atoms with Crippen LogP contribution in [0.2, 0.25) is 5.02 Å². The van der Waals surface area contributed by atoms with E-state index in [4.69, 9.17) is 11.6 Å². The summed E-state index contributed by atoms with van der Waals surface area (Å²) in [6.45, 7) is 5.03. The molecule has 0 radical (unpaired) electrons. The lowest BCUT2D eigenvalue weighted by Gasteiger charge is -2.25. The second-order valence-corrected chi connectivity index (χ2v) is 7.35. The summed E-state index contributed by atoms with van der Waals surface area (Å²) in [6.07, 6.45) is 0. The first kappa shape index (κ1) is 19.0. The molecule has 0 spiro atoms. The molecule has 0 saturated carbocycles. The highest BCUT2D eigenvalue weighted by Gasteiger charge is 2.17. The number of H-pyrrole nitrogens is 1. The molecule has 0 unspecified atom stereocenters. The lowest BCUT2D eigenvalue weighted by molar-refractivity contribution is 0.202. The number of pyridine rings is 1. The first-order valence-electron chi connectivity index (χ1n) is 8.85. The summed E-state index contributed by atoms with van der Waals surface area (Å²) in [5.74, 6) is 0.286. The van der Waals surface area contributed by atoms with E-state index in [0.29, 0.717) is 23.8 Å². The van der Waals surface area contributed by atoms with E-state index in [2.05, 4.69) is 24.1 Å². The Hall–Kier alpha value is -2.79. The van der Waals surface area contributed by atoms with Crippen LogP contribution in [0.1, 0.15) is 19.4 Å². The Morgan fingerprint density at radius 2 is 1.85 bits per heavy atom. The summed E-state index contributed by atoms with van der Waals surface area (Å²) < 4.78 is 0. The largest absolute Gasteiger partial charge is 0.322 e. The quantitative estimate of drug-likeness (QED) is 0.660. The molecule has 1 aromatic heterocycles. The van der Waals surface area contributed by atoms with Crippen LogP contribution in [0.25, 0.3) is 10.9 Å². The number of aromatic nitrogens is 1.